The molecule has 2 amide bonds. The predicted molar refractivity (Wildman–Crippen MR) is 132 cm³/mol. The number of thiophene rings is 1. The molecule has 3 aromatic rings. The molecule has 2 heterocycles. The van der Waals surface area contributed by atoms with E-state index < -0.39 is 11.8 Å². The number of aryl methyl sites for hydroxylation is 1. The van der Waals surface area contributed by atoms with Crippen molar-refractivity contribution in [3.8, 4) is 0 Å². The van der Waals surface area contributed by atoms with Crippen molar-refractivity contribution in [3.05, 3.63) is 80.7 Å². The van der Waals surface area contributed by atoms with E-state index in [-0.39, 0.29) is 10.7 Å². The average Bonchev–Trinajstić information content (AvgIpc) is 3.16. The summed E-state index contributed by atoms with van der Waals surface area (Å²) in [6.45, 7) is 1.87. The molecule has 2 aromatic carbocycles. The smallest absolute Gasteiger partial charge is 0.270 e. The van der Waals surface area contributed by atoms with E-state index in [1.165, 1.54) is 16.2 Å². The fraction of sp³-hybridized carbons (Fsp3) is 0.0455. The van der Waals surface area contributed by atoms with Crippen LogP contribution >= 0.6 is 58.5 Å². The van der Waals surface area contributed by atoms with Gasteiger partial charge in [-0.1, -0.05) is 41.0 Å². The van der Waals surface area contributed by atoms with Crippen LogP contribution < -0.4 is 10.2 Å². The number of thiocarbonyl (C=S) groups is 1. The normalized spacial score (nSPS) is 15.5. The molecule has 0 atom stereocenters. The highest BCUT2D eigenvalue weighted by molar-refractivity contribution is 8.01. The SMILES string of the molecule is Cc1ccc(N2C(=O)/C(=C/c3ccc(Sc4ccc(Cl)cc4)s3)C(=O)NC2=S)cc1Cl. The van der Waals surface area contributed by atoms with E-state index in [1.54, 1.807) is 36.0 Å². The summed E-state index contributed by atoms with van der Waals surface area (Å²) in [5, 5.41) is 3.81. The Labute approximate surface area is 202 Å². The van der Waals surface area contributed by atoms with E-state index in [0.717, 1.165) is 19.5 Å². The minimum absolute atomic E-state index is 0.00944. The first-order valence-electron chi connectivity index (χ1n) is 9.03. The number of hydrogen-bond donors (Lipinski definition) is 1. The minimum Gasteiger partial charge on any atom is -0.298 e. The van der Waals surface area contributed by atoms with Crippen molar-refractivity contribution < 1.29 is 9.59 Å². The Morgan fingerprint density at radius 3 is 2.52 bits per heavy atom. The lowest BCUT2D eigenvalue weighted by Gasteiger charge is -2.29. The summed E-state index contributed by atoms with van der Waals surface area (Å²) in [5.41, 5.74) is 1.39. The van der Waals surface area contributed by atoms with Crippen LogP contribution in [-0.4, -0.2) is 16.9 Å². The molecule has 1 aliphatic heterocycles. The second-order valence-corrected chi connectivity index (χ2v) is 10.3. The van der Waals surface area contributed by atoms with E-state index in [9.17, 15) is 9.59 Å². The monoisotopic (exact) mass is 504 g/mol. The summed E-state index contributed by atoms with van der Waals surface area (Å²) < 4.78 is 1.02. The Morgan fingerprint density at radius 2 is 1.81 bits per heavy atom. The molecule has 0 radical (unpaired) electrons. The zero-order chi connectivity index (χ0) is 22.1. The van der Waals surface area contributed by atoms with E-state index in [4.69, 9.17) is 35.4 Å². The Morgan fingerprint density at radius 1 is 1.06 bits per heavy atom. The summed E-state index contributed by atoms with van der Waals surface area (Å²) >= 11 is 20.4. The molecule has 156 valence electrons. The number of rotatable bonds is 4. The van der Waals surface area contributed by atoms with Crippen LogP contribution in [0.25, 0.3) is 6.08 Å². The third kappa shape index (κ3) is 4.86. The fourth-order valence-electron chi connectivity index (χ4n) is 2.84. The molecule has 1 saturated heterocycles. The maximum atomic E-state index is 13.1. The molecule has 1 fully saturated rings. The zero-order valence-electron chi connectivity index (χ0n) is 16.0. The van der Waals surface area contributed by atoms with Gasteiger partial charge in [0.05, 0.1) is 9.90 Å². The first-order valence-corrected chi connectivity index (χ1v) is 11.8. The van der Waals surface area contributed by atoms with Gasteiger partial charge in [0.2, 0.25) is 0 Å². The summed E-state index contributed by atoms with van der Waals surface area (Å²) in [6.07, 6.45) is 1.58. The van der Waals surface area contributed by atoms with Crippen LogP contribution in [0.4, 0.5) is 5.69 Å². The zero-order valence-corrected chi connectivity index (χ0v) is 20.0. The van der Waals surface area contributed by atoms with Crippen molar-refractivity contribution in [3.63, 3.8) is 0 Å². The highest BCUT2D eigenvalue weighted by Gasteiger charge is 2.34. The van der Waals surface area contributed by atoms with Crippen LogP contribution in [0.1, 0.15) is 10.4 Å². The molecule has 31 heavy (non-hydrogen) atoms. The number of halogens is 2. The molecule has 0 bridgehead atoms. The topological polar surface area (TPSA) is 49.4 Å². The van der Waals surface area contributed by atoms with Gasteiger partial charge in [-0.2, -0.15) is 0 Å². The van der Waals surface area contributed by atoms with Gasteiger partial charge in [-0.15, -0.1) is 11.3 Å². The molecule has 0 saturated carbocycles. The highest BCUT2D eigenvalue weighted by atomic mass is 35.5. The molecule has 9 heteroatoms. The van der Waals surface area contributed by atoms with Crippen LogP contribution in [-0.2, 0) is 9.59 Å². The number of carbonyl (C=O) groups excluding carboxylic acids is 2. The van der Waals surface area contributed by atoms with Gasteiger partial charge in [-0.05, 0) is 79.3 Å². The molecule has 0 unspecified atom stereocenters. The summed E-state index contributed by atoms with van der Waals surface area (Å²) in [7, 11) is 0. The van der Waals surface area contributed by atoms with Crippen LogP contribution in [0.2, 0.25) is 10.0 Å². The van der Waals surface area contributed by atoms with Crippen LogP contribution in [0.15, 0.2) is 69.3 Å². The van der Waals surface area contributed by atoms with Crippen molar-refractivity contribution >= 4 is 87.2 Å². The molecule has 4 rings (SSSR count). The number of anilines is 1. The van der Waals surface area contributed by atoms with Gasteiger partial charge in [0.25, 0.3) is 11.8 Å². The fourth-order valence-corrected chi connectivity index (χ4v) is 5.49. The van der Waals surface area contributed by atoms with Crippen LogP contribution in [0.5, 0.6) is 0 Å². The largest absolute Gasteiger partial charge is 0.298 e. The first kappa shape index (κ1) is 22.0. The van der Waals surface area contributed by atoms with Gasteiger partial charge >= 0.3 is 0 Å². The molecule has 1 aliphatic rings. The Kier molecular flexibility index (Phi) is 6.50. The van der Waals surface area contributed by atoms with Gasteiger partial charge in [-0.25, -0.2) is 0 Å². The quantitative estimate of drug-likeness (QED) is 0.255. The number of benzene rings is 2. The molecule has 0 spiro atoms. The third-order valence-corrected chi connectivity index (χ3v) is 7.55. The minimum atomic E-state index is -0.523. The van der Waals surface area contributed by atoms with Gasteiger partial charge in [0.1, 0.15) is 5.57 Å². The van der Waals surface area contributed by atoms with E-state index in [0.29, 0.717) is 15.7 Å². The summed E-state index contributed by atoms with van der Waals surface area (Å²) in [5.74, 6) is -1.02. The molecule has 1 N–H and O–H groups in total. The Bertz CT molecular complexity index is 1240. The number of hydrogen-bond acceptors (Lipinski definition) is 5. The average molecular weight is 505 g/mol. The lowest BCUT2D eigenvalue weighted by atomic mass is 10.1. The van der Waals surface area contributed by atoms with Crippen molar-refractivity contribution in [1.29, 1.82) is 0 Å². The van der Waals surface area contributed by atoms with Crippen LogP contribution in [0, 0.1) is 6.92 Å². The van der Waals surface area contributed by atoms with Crippen LogP contribution in [0.3, 0.4) is 0 Å². The van der Waals surface area contributed by atoms with E-state index in [2.05, 4.69) is 5.32 Å². The Hall–Kier alpha value is -2.16. The molecular formula is C22H14Cl2N2O2S3. The third-order valence-electron chi connectivity index (χ3n) is 4.44. The summed E-state index contributed by atoms with van der Waals surface area (Å²) in [6, 6.07) is 16.6. The predicted octanol–water partition coefficient (Wildman–Crippen LogP) is 6.35. The second kappa shape index (κ2) is 9.14. The first-order chi connectivity index (χ1) is 14.8. The van der Waals surface area contributed by atoms with E-state index >= 15 is 0 Å². The molecule has 1 aromatic heterocycles. The van der Waals surface area contributed by atoms with Gasteiger partial charge < -0.3 is 0 Å². The second-order valence-electron chi connectivity index (χ2n) is 6.60. The summed E-state index contributed by atoms with van der Waals surface area (Å²) in [4.78, 5) is 28.7. The van der Waals surface area contributed by atoms with Crippen molar-refractivity contribution in [2.45, 2.75) is 16.0 Å². The van der Waals surface area contributed by atoms with Gasteiger partial charge in [0, 0.05) is 19.8 Å². The number of carbonyl (C=O) groups is 2. The van der Waals surface area contributed by atoms with Gasteiger partial charge in [0.15, 0.2) is 5.11 Å². The highest BCUT2D eigenvalue weighted by Crippen LogP contribution is 2.35. The number of amides is 2. The lowest BCUT2D eigenvalue weighted by Crippen LogP contribution is -2.54. The standard InChI is InChI=1S/C22H14Cl2N2O2S3/c1-12-2-5-14(10-18(12)24)26-21(28)17(20(27)25-22(26)29)11-16-8-9-19(31-16)30-15-6-3-13(23)4-7-15/h2-11H,1H3,(H,25,27,29)/b17-11+. The maximum absolute atomic E-state index is 13.1. The lowest BCUT2D eigenvalue weighted by molar-refractivity contribution is -0.122. The van der Waals surface area contributed by atoms with Crippen molar-refractivity contribution in [2.75, 3.05) is 4.90 Å². The number of nitrogens with zero attached hydrogens (tertiary/aromatic N) is 1. The van der Waals surface area contributed by atoms with E-state index in [1.807, 2.05) is 43.3 Å². The number of nitrogens with one attached hydrogen (secondary N) is 1. The van der Waals surface area contributed by atoms with Crippen molar-refractivity contribution in [1.82, 2.24) is 5.32 Å². The van der Waals surface area contributed by atoms with Gasteiger partial charge in [-0.3, -0.25) is 19.8 Å². The maximum Gasteiger partial charge on any atom is 0.270 e. The molecule has 0 aliphatic carbocycles. The molecular weight excluding hydrogens is 491 g/mol. The van der Waals surface area contributed by atoms with Crippen molar-refractivity contribution in [2.24, 2.45) is 0 Å². The molecule has 4 nitrogen and oxygen atoms in total. The Balaban J connectivity index is 1.60.